The molecule has 1 aromatic heterocycles. The summed E-state index contributed by atoms with van der Waals surface area (Å²) < 4.78 is 36.7. The lowest BCUT2D eigenvalue weighted by molar-refractivity contribution is 0.156. The Kier molecular flexibility index (Phi) is 3.27. The van der Waals surface area contributed by atoms with Crippen LogP contribution in [0.25, 0.3) is 0 Å². The van der Waals surface area contributed by atoms with E-state index in [-0.39, 0.29) is 5.82 Å². The first-order valence-electron chi connectivity index (χ1n) is 3.99. The van der Waals surface area contributed by atoms with Crippen molar-refractivity contribution in [2.45, 2.75) is 13.3 Å². The summed E-state index contributed by atoms with van der Waals surface area (Å²) in [6, 6.07) is 1.45. The molecule has 0 aliphatic heterocycles. The maximum Gasteiger partial charge on any atom is 0.310 e. The minimum Gasteiger partial charge on any atom is -0.354 e. The Morgan fingerprint density at radius 1 is 1.43 bits per heavy atom. The van der Waals surface area contributed by atoms with Crippen molar-refractivity contribution in [1.29, 1.82) is 0 Å². The summed E-state index contributed by atoms with van der Waals surface area (Å²) >= 11 is 0. The van der Waals surface area contributed by atoms with Crippen molar-refractivity contribution >= 4 is 5.82 Å². The first-order chi connectivity index (χ1) is 6.49. The van der Waals surface area contributed by atoms with E-state index in [0.717, 1.165) is 0 Å². The zero-order valence-electron chi connectivity index (χ0n) is 7.84. The van der Waals surface area contributed by atoms with Gasteiger partial charge in [-0.05, 0) is 6.92 Å². The van der Waals surface area contributed by atoms with Crippen molar-refractivity contribution in [2.75, 3.05) is 18.5 Å². The molecule has 0 N–H and O–H groups in total. The van der Waals surface area contributed by atoms with E-state index >= 15 is 0 Å². The normalized spacial score (nSPS) is 10.7. The highest BCUT2D eigenvalue weighted by molar-refractivity contribution is 5.37. The van der Waals surface area contributed by atoms with Gasteiger partial charge in [0.25, 0.3) is 6.43 Å². The third-order valence-electron chi connectivity index (χ3n) is 1.62. The van der Waals surface area contributed by atoms with Crippen LogP contribution in [-0.2, 0) is 0 Å². The molecule has 0 saturated heterocycles. The van der Waals surface area contributed by atoms with Gasteiger partial charge in [0, 0.05) is 18.8 Å². The number of aryl methyl sites for hydroxylation is 1. The van der Waals surface area contributed by atoms with Gasteiger partial charge in [0.1, 0.15) is 5.82 Å². The topological polar surface area (TPSA) is 29.0 Å². The SMILES string of the molecule is Cc1cc(N(C)CC(F)F)nc(F)n1. The van der Waals surface area contributed by atoms with Crippen LogP contribution in [0.2, 0.25) is 0 Å². The fourth-order valence-electron chi connectivity index (χ4n) is 1.01. The van der Waals surface area contributed by atoms with E-state index in [1.165, 1.54) is 18.0 Å². The maximum absolute atomic E-state index is 12.7. The molecule has 1 rings (SSSR count). The minimum absolute atomic E-state index is 0.162. The van der Waals surface area contributed by atoms with E-state index in [2.05, 4.69) is 9.97 Å². The molecular weight excluding hydrogens is 195 g/mol. The fourth-order valence-corrected chi connectivity index (χ4v) is 1.01. The van der Waals surface area contributed by atoms with Crippen molar-refractivity contribution in [3.05, 3.63) is 17.8 Å². The van der Waals surface area contributed by atoms with E-state index in [1.54, 1.807) is 6.92 Å². The Balaban J connectivity index is 2.84. The lowest BCUT2D eigenvalue weighted by Gasteiger charge is -2.17. The van der Waals surface area contributed by atoms with Crippen LogP contribution in [0.3, 0.4) is 0 Å². The van der Waals surface area contributed by atoms with Gasteiger partial charge in [-0.25, -0.2) is 13.8 Å². The fraction of sp³-hybridized carbons (Fsp3) is 0.500. The molecule has 0 bridgehead atoms. The molecule has 0 aromatic carbocycles. The molecule has 3 nitrogen and oxygen atoms in total. The third-order valence-corrected chi connectivity index (χ3v) is 1.62. The van der Waals surface area contributed by atoms with Gasteiger partial charge in [-0.2, -0.15) is 9.37 Å². The molecule has 0 spiro atoms. The zero-order valence-corrected chi connectivity index (χ0v) is 7.84. The summed E-state index contributed by atoms with van der Waals surface area (Å²) in [5.41, 5.74) is 0.411. The summed E-state index contributed by atoms with van der Waals surface area (Å²) in [4.78, 5) is 7.99. The maximum atomic E-state index is 12.7. The molecule has 14 heavy (non-hydrogen) atoms. The zero-order chi connectivity index (χ0) is 10.7. The average molecular weight is 205 g/mol. The minimum atomic E-state index is -2.47. The molecule has 0 unspecified atom stereocenters. The van der Waals surface area contributed by atoms with Crippen LogP contribution in [-0.4, -0.2) is 30.0 Å². The van der Waals surface area contributed by atoms with Crippen LogP contribution < -0.4 is 4.90 Å². The predicted molar refractivity (Wildman–Crippen MR) is 46.0 cm³/mol. The molecule has 0 aliphatic carbocycles. The smallest absolute Gasteiger partial charge is 0.310 e. The van der Waals surface area contributed by atoms with Gasteiger partial charge in [-0.15, -0.1) is 0 Å². The van der Waals surface area contributed by atoms with Crippen LogP contribution in [0.15, 0.2) is 6.07 Å². The molecule has 78 valence electrons. The van der Waals surface area contributed by atoms with E-state index in [0.29, 0.717) is 5.69 Å². The number of rotatable bonds is 3. The summed E-state index contributed by atoms with van der Waals surface area (Å²) in [7, 11) is 1.42. The Hall–Kier alpha value is -1.33. The van der Waals surface area contributed by atoms with Crippen LogP contribution >= 0.6 is 0 Å². The van der Waals surface area contributed by atoms with Gasteiger partial charge in [-0.1, -0.05) is 0 Å². The molecule has 0 atom stereocenters. The van der Waals surface area contributed by atoms with Crippen molar-refractivity contribution in [3.8, 4) is 0 Å². The third kappa shape index (κ3) is 2.86. The number of hydrogen-bond acceptors (Lipinski definition) is 3. The standard InChI is InChI=1S/C8H10F3N3/c1-5-3-7(13-8(11)12-5)14(2)4-6(9)10/h3,6H,4H2,1-2H3. The van der Waals surface area contributed by atoms with Crippen LogP contribution in [0, 0.1) is 13.0 Å². The average Bonchev–Trinajstić information content (AvgIpc) is 2.00. The molecule has 0 saturated carbocycles. The van der Waals surface area contributed by atoms with Crippen molar-refractivity contribution in [3.63, 3.8) is 0 Å². The van der Waals surface area contributed by atoms with Gasteiger partial charge in [0.2, 0.25) is 0 Å². The Morgan fingerprint density at radius 3 is 2.57 bits per heavy atom. The lowest BCUT2D eigenvalue weighted by atomic mass is 10.4. The molecular formula is C8H10F3N3. The van der Waals surface area contributed by atoms with Crippen LogP contribution in [0.5, 0.6) is 0 Å². The van der Waals surface area contributed by atoms with Gasteiger partial charge in [0.05, 0.1) is 6.54 Å². The van der Waals surface area contributed by atoms with E-state index < -0.39 is 19.0 Å². The molecule has 1 heterocycles. The predicted octanol–water partition coefficient (Wildman–Crippen LogP) is 1.63. The lowest BCUT2D eigenvalue weighted by Crippen LogP contribution is -2.25. The van der Waals surface area contributed by atoms with Gasteiger partial charge in [-0.3, -0.25) is 0 Å². The second-order valence-electron chi connectivity index (χ2n) is 2.91. The quantitative estimate of drug-likeness (QED) is 0.702. The molecule has 6 heteroatoms. The van der Waals surface area contributed by atoms with Gasteiger partial charge in [0.15, 0.2) is 0 Å². The molecule has 0 amide bonds. The summed E-state index contributed by atoms with van der Waals surface area (Å²) in [6.45, 7) is 1.10. The number of aromatic nitrogens is 2. The van der Waals surface area contributed by atoms with E-state index in [4.69, 9.17) is 0 Å². The molecule has 0 fully saturated rings. The van der Waals surface area contributed by atoms with Crippen molar-refractivity contribution in [1.82, 2.24) is 9.97 Å². The Bertz CT molecular complexity index is 296. The second kappa shape index (κ2) is 4.26. The van der Waals surface area contributed by atoms with E-state index in [9.17, 15) is 13.2 Å². The van der Waals surface area contributed by atoms with Crippen molar-refractivity contribution < 1.29 is 13.2 Å². The molecule has 0 radical (unpaired) electrons. The number of halogens is 3. The monoisotopic (exact) mass is 205 g/mol. The number of alkyl halides is 2. The Morgan fingerprint density at radius 2 is 2.07 bits per heavy atom. The number of nitrogens with zero attached hydrogens (tertiary/aromatic N) is 3. The summed E-state index contributed by atoms with van der Waals surface area (Å²) in [5.74, 6) is 0.162. The summed E-state index contributed by atoms with van der Waals surface area (Å²) in [6.07, 6.45) is -3.38. The Labute approximate surface area is 79.6 Å². The first kappa shape index (κ1) is 10.7. The molecule has 1 aromatic rings. The van der Waals surface area contributed by atoms with Crippen LogP contribution in [0.4, 0.5) is 19.0 Å². The molecule has 0 aliphatic rings. The van der Waals surface area contributed by atoms with Gasteiger partial charge < -0.3 is 4.90 Å². The first-order valence-corrected chi connectivity index (χ1v) is 3.99. The van der Waals surface area contributed by atoms with Gasteiger partial charge >= 0.3 is 6.08 Å². The number of anilines is 1. The summed E-state index contributed by atoms with van der Waals surface area (Å²) in [5, 5.41) is 0. The highest BCUT2D eigenvalue weighted by Gasteiger charge is 2.11. The van der Waals surface area contributed by atoms with Crippen LogP contribution in [0.1, 0.15) is 5.69 Å². The largest absolute Gasteiger partial charge is 0.354 e. The van der Waals surface area contributed by atoms with E-state index in [1.807, 2.05) is 0 Å². The van der Waals surface area contributed by atoms with Crippen molar-refractivity contribution in [2.24, 2.45) is 0 Å². The second-order valence-corrected chi connectivity index (χ2v) is 2.91. The number of hydrogen-bond donors (Lipinski definition) is 0. The highest BCUT2D eigenvalue weighted by Crippen LogP contribution is 2.11. The highest BCUT2D eigenvalue weighted by atomic mass is 19.3.